The molecule has 2 unspecified atom stereocenters. The number of para-hydroxylation sites is 1. The molecule has 0 aliphatic carbocycles. The smallest absolute Gasteiger partial charge is 0.248 e. The van der Waals surface area contributed by atoms with Crippen LogP contribution in [0.3, 0.4) is 0 Å². The lowest BCUT2D eigenvalue weighted by atomic mass is 9.87. The monoisotopic (exact) mass is 393 g/mol. The number of aliphatic imine (C=N–C) groups is 1. The Morgan fingerprint density at radius 2 is 1.97 bits per heavy atom. The number of benzene rings is 2. The summed E-state index contributed by atoms with van der Waals surface area (Å²) >= 11 is 0. The van der Waals surface area contributed by atoms with Crippen molar-refractivity contribution in [3.8, 4) is 5.75 Å². The Balaban J connectivity index is 1.76. The molecule has 7 nitrogen and oxygen atoms in total. The second kappa shape index (κ2) is 7.83. The maximum Gasteiger partial charge on any atom is 0.248 e. The van der Waals surface area contributed by atoms with Gasteiger partial charge >= 0.3 is 0 Å². The van der Waals surface area contributed by atoms with Crippen LogP contribution in [0.5, 0.6) is 5.75 Å². The first-order chi connectivity index (χ1) is 14.1. The summed E-state index contributed by atoms with van der Waals surface area (Å²) in [5, 5.41) is 7.17. The predicted octanol–water partition coefficient (Wildman–Crippen LogP) is 3.77. The zero-order valence-corrected chi connectivity index (χ0v) is 16.0. The van der Waals surface area contributed by atoms with Crippen LogP contribution in [0.4, 0.5) is 16.0 Å². The topological polar surface area (TPSA) is 81.4 Å². The van der Waals surface area contributed by atoms with Crippen molar-refractivity contribution in [2.45, 2.75) is 19.9 Å². The van der Waals surface area contributed by atoms with Crippen LogP contribution in [0, 0.1) is 11.7 Å². The van der Waals surface area contributed by atoms with Gasteiger partial charge in [-0.3, -0.25) is 4.79 Å². The predicted molar refractivity (Wildman–Crippen MR) is 107 cm³/mol. The van der Waals surface area contributed by atoms with E-state index in [0.717, 1.165) is 5.56 Å². The van der Waals surface area contributed by atoms with E-state index in [4.69, 9.17) is 4.74 Å². The molecule has 0 fully saturated rings. The lowest BCUT2D eigenvalue weighted by Crippen LogP contribution is -2.39. The number of anilines is 1. The maximum absolute atomic E-state index is 13.3. The van der Waals surface area contributed by atoms with Crippen LogP contribution >= 0.6 is 0 Å². The molecule has 2 heterocycles. The Morgan fingerprint density at radius 1 is 1.21 bits per heavy atom. The van der Waals surface area contributed by atoms with Gasteiger partial charge in [-0.15, -0.1) is 0 Å². The molecule has 2 aromatic carbocycles. The molecular weight excluding hydrogens is 373 g/mol. The highest BCUT2D eigenvalue weighted by Crippen LogP contribution is 2.39. The Labute approximate surface area is 167 Å². The van der Waals surface area contributed by atoms with E-state index in [1.165, 1.54) is 30.6 Å². The van der Waals surface area contributed by atoms with Crippen molar-refractivity contribution in [1.82, 2.24) is 14.8 Å². The number of hydrogen-bond acceptors (Lipinski definition) is 5. The molecule has 0 saturated heterocycles. The summed E-state index contributed by atoms with van der Waals surface area (Å²) in [6.07, 6.45) is 1.42. The molecule has 1 aliphatic rings. The summed E-state index contributed by atoms with van der Waals surface area (Å²) in [6, 6.07) is 12.7. The van der Waals surface area contributed by atoms with Crippen LogP contribution in [0.25, 0.3) is 0 Å². The minimum Gasteiger partial charge on any atom is -0.494 e. The minimum atomic E-state index is -0.643. The first kappa shape index (κ1) is 18.8. The van der Waals surface area contributed by atoms with Gasteiger partial charge in [-0.25, -0.2) is 14.1 Å². The summed E-state index contributed by atoms with van der Waals surface area (Å²) in [7, 11) is 0. The number of hydrogen-bond donors (Lipinski definition) is 1. The fraction of sp³-hybridized carbons (Fsp3) is 0.238. The number of carbonyl (C=O) groups excluding carboxylic acids is 1. The van der Waals surface area contributed by atoms with Crippen LogP contribution < -0.4 is 10.1 Å². The molecule has 4 rings (SSSR count). The lowest BCUT2D eigenvalue weighted by molar-refractivity contribution is -0.118. The third kappa shape index (κ3) is 3.61. The standard InChI is InChI=1S/C21H20FN5O2/c1-3-29-17-7-5-4-6-16(17)19-18(13(2)25-21-23-12-24-27(19)21)20(28)26-15-10-8-14(22)9-11-15/h4-12,18-19H,3H2,1-2H3,(H,26,28). The largest absolute Gasteiger partial charge is 0.494 e. The van der Waals surface area contributed by atoms with Crippen molar-refractivity contribution in [1.29, 1.82) is 0 Å². The van der Waals surface area contributed by atoms with Gasteiger partial charge in [0.05, 0.1) is 6.61 Å². The molecule has 0 saturated carbocycles. The zero-order valence-electron chi connectivity index (χ0n) is 16.0. The average molecular weight is 393 g/mol. The zero-order chi connectivity index (χ0) is 20.4. The lowest BCUT2D eigenvalue weighted by Gasteiger charge is -2.31. The van der Waals surface area contributed by atoms with Gasteiger partial charge in [-0.05, 0) is 44.2 Å². The van der Waals surface area contributed by atoms with Gasteiger partial charge in [0.25, 0.3) is 0 Å². The summed E-state index contributed by atoms with van der Waals surface area (Å²) in [5.41, 5.74) is 1.93. The minimum absolute atomic E-state index is 0.268. The quantitative estimate of drug-likeness (QED) is 0.716. The van der Waals surface area contributed by atoms with Gasteiger partial charge in [0.15, 0.2) is 0 Å². The second-order valence-electron chi connectivity index (χ2n) is 6.65. The van der Waals surface area contributed by atoms with E-state index in [1.54, 1.807) is 11.6 Å². The summed E-state index contributed by atoms with van der Waals surface area (Å²) < 4.78 is 20.6. The van der Waals surface area contributed by atoms with E-state index in [-0.39, 0.29) is 11.7 Å². The molecule has 1 N–H and O–H groups in total. The van der Waals surface area contributed by atoms with Gasteiger partial charge in [-0.2, -0.15) is 10.1 Å². The SMILES string of the molecule is CCOc1ccccc1C1C(C(=O)Nc2ccc(F)cc2)C(C)=Nc2ncnn21. The summed E-state index contributed by atoms with van der Waals surface area (Å²) in [5.74, 6) is -0.166. The summed E-state index contributed by atoms with van der Waals surface area (Å²) in [6.45, 7) is 4.20. The highest BCUT2D eigenvalue weighted by Gasteiger charge is 2.40. The Bertz CT molecular complexity index is 1060. The molecule has 1 amide bonds. The highest BCUT2D eigenvalue weighted by atomic mass is 19.1. The maximum atomic E-state index is 13.3. The van der Waals surface area contributed by atoms with Gasteiger partial charge in [0.1, 0.15) is 29.9 Å². The van der Waals surface area contributed by atoms with E-state index in [9.17, 15) is 9.18 Å². The molecule has 3 aromatic rings. The number of ether oxygens (including phenoxy) is 1. The number of aromatic nitrogens is 3. The number of nitrogens with zero attached hydrogens (tertiary/aromatic N) is 4. The van der Waals surface area contributed by atoms with E-state index in [0.29, 0.717) is 29.7 Å². The molecule has 0 spiro atoms. The van der Waals surface area contributed by atoms with Crippen LogP contribution in [0.2, 0.25) is 0 Å². The Morgan fingerprint density at radius 3 is 2.72 bits per heavy atom. The molecule has 0 bridgehead atoms. The number of carbonyl (C=O) groups is 1. The second-order valence-corrected chi connectivity index (χ2v) is 6.65. The molecular formula is C21H20FN5O2. The molecule has 1 aromatic heterocycles. The number of rotatable bonds is 5. The third-order valence-corrected chi connectivity index (χ3v) is 4.79. The molecule has 0 radical (unpaired) electrons. The summed E-state index contributed by atoms with van der Waals surface area (Å²) in [4.78, 5) is 21.9. The molecule has 2 atom stereocenters. The van der Waals surface area contributed by atoms with Crippen molar-refractivity contribution in [3.05, 3.63) is 66.2 Å². The van der Waals surface area contributed by atoms with Crippen LogP contribution in [-0.4, -0.2) is 33.0 Å². The van der Waals surface area contributed by atoms with Crippen LogP contribution in [0.1, 0.15) is 25.5 Å². The average Bonchev–Trinajstić information content (AvgIpc) is 3.17. The van der Waals surface area contributed by atoms with E-state index < -0.39 is 12.0 Å². The fourth-order valence-corrected chi connectivity index (χ4v) is 3.53. The van der Waals surface area contributed by atoms with Crippen molar-refractivity contribution < 1.29 is 13.9 Å². The van der Waals surface area contributed by atoms with E-state index >= 15 is 0 Å². The van der Waals surface area contributed by atoms with Crippen LogP contribution in [-0.2, 0) is 4.79 Å². The molecule has 29 heavy (non-hydrogen) atoms. The van der Waals surface area contributed by atoms with Crippen molar-refractivity contribution in [3.63, 3.8) is 0 Å². The van der Waals surface area contributed by atoms with Crippen molar-refractivity contribution in [2.75, 3.05) is 11.9 Å². The van der Waals surface area contributed by atoms with Crippen LogP contribution in [0.15, 0.2) is 59.9 Å². The first-order valence-corrected chi connectivity index (χ1v) is 9.31. The number of nitrogens with one attached hydrogen (secondary N) is 1. The number of fused-ring (bicyclic) bond motifs is 1. The molecule has 8 heteroatoms. The fourth-order valence-electron chi connectivity index (χ4n) is 3.53. The van der Waals surface area contributed by atoms with E-state index in [1.807, 2.05) is 31.2 Å². The first-order valence-electron chi connectivity index (χ1n) is 9.31. The normalized spacial score (nSPS) is 18.0. The number of halogens is 1. The third-order valence-electron chi connectivity index (χ3n) is 4.79. The van der Waals surface area contributed by atoms with Crippen molar-refractivity contribution >= 4 is 23.3 Å². The highest BCUT2D eigenvalue weighted by molar-refractivity contribution is 6.10. The Hall–Kier alpha value is -3.55. The van der Waals surface area contributed by atoms with E-state index in [2.05, 4.69) is 20.4 Å². The van der Waals surface area contributed by atoms with Crippen molar-refractivity contribution in [2.24, 2.45) is 10.9 Å². The van der Waals surface area contributed by atoms with Gasteiger partial charge < -0.3 is 10.1 Å². The molecule has 1 aliphatic heterocycles. The Kier molecular flexibility index (Phi) is 5.07. The molecule has 148 valence electrons. The van der Waals surface area contributed by atoms with Gasteiger partial charge in [0.2, 0.25) is 11.9 Å². The van der Waals surface area contributed by atoms with Gasteiger partial charge in [-0.1, -0.05) is 18.2 Å². The van der Waals surface area contributed by atoms with Gasteiger partial charge in [0, 0.05) is 17.0 Å². The number of amides is 1.